The molecule has 0 aliphatic carbocycles. The SMILES string of the molecule is Cc1cc(N2CCCC2)c(F)cc1/C=C(/C#N)C(=O)Nc1ccc(Cl)c(Cl)c1. The molecule has 3 rings (SSSR count). The third kappa shape index (κ3) is 4.46. The number of carbonyl (C=O) groups excluding carboxylic acids is 1. The maximum Gasteiger partial charge on any atom is 0.266 e. The van der Waals surface area contributed by atoms with E-state index in [1.165, 1.54) is 18.2 Å². The molecule has 2 aromatic carbocycles. The van der Waals surface area contributed by atoms with Crippen LogP contribution in [0.2, 0.25) is 10.0 Å². The molecule has 0 saturated carbocycles. The second-order valence-corrected chi connectivity index (χ2v) is 7.42. The Balaban J connectivity index is 1.85. The number of nitriles is 1. The van der Waals surface area contributed by atoms with Crippen LogP contribution < -0.4 is 10.2 Å². The summed E-state index contributed by atoms with van der Waals surface area (Å²) in [6, 6.07) is 9.62. The Morgan fingerprint density at radius 2 is 1.93 bits per heavy atom. The van der Waals surface area contributed by atoms with Gasteiger partial charge in [-0.1, -0.05) is 23.2 Å². The van der Waals surface area contributed by atoms with E-state index in [4.69, 9.17) is 23.2 Å². The van der Waals surface area contributed by atoms with E-state index in [1.54, 1.807) is 18.2 Å². The molecule has 1 amide bonds. The van der Waals surface area contributed by atoms with Crippen LogP contribution in [0.1, 0.15) is 24.0 Å². The fraction of sp³-hybridized carbons (Fsp3) is 0.238. The molecule has 1 fully saturated rings. The number of hydrogen-bond acceptors (Lipinski definition) is 3. The molecule has 0 spiro atoms. The normalized spacial score (nSPS) is 14.1. The summed E-state index contributed by atoms with van der Waals surface area (Å²) >= 11 is 11.8. The Labute approximate surface area is 173 Å². The Bertz CT molecular complexity index is 992. The molecule has 144 valence electrons. The number of rotatable bonds is 4. The third-order valence-electron chi connectivity index (χ3n) is 4.62. The summed E-state index contributed by atoms with van der Waals surface area (Å²) in [4.78, 5) is 14.4. The lowest BCUT2D eigenvalue weighted by Crippen LogP contribution is -2.19. The van der Waals surface area contributed by atoms with Gasteiger partial charge in [0.15, 0.2) is 0 Å². The highest BCUT2D eigenvalue weighted by Gasteiger charge is 2.18. The lowest BCUT2D eigenvalue weighted by molar-refractivity contribution is -0.112. The molecule has 0 unspecified atom stereocenters. The summed E-state index contributed by atoms with van der Waals surface area (Å²) in [6.45, 7) is 3.50. The van der Waals surface area contributed by atoms with Crippen molar-refractivity contribution in [1.82, 2.24) is 0 Å². The fourth-order valence-electron chi connectivity index (χ4n) is 3.11. The number of amides is 1. The predicted octanol–water partition coefficient (Wildman–Crippen LogP) is 5.59. The van der Waals surface area contributed by atoms with Gasteiger partial charge in [-0.2, -0.15) is 5.26 Å². The molecule has 7 heteroatoms. The van der Waals surface area contributed by atoms with Crippen LogP contribution in [0, 0.1) is 24.1 Å². The Morgan fingerprint density at radius 1 is 1.21 bits per heavy atom. The minimum Gasteiger partial charge on any atom is -0.369 e. The van der Waals surface area contributed by atoms with E-state index in [0.717, 1.165) is 31.5 Å². The van der Waals surface area contributed by atoms with Gasteiger partial charge in [-0.25, -0.2) is 4.39 Å². The summed E-state index contributed by atoms with van der Waals surface area (Å²) in [6.07, 6.45) is 3.49. The molecule has 4 nitrogen and oxygen atoms in total. The number of benzene rings is 2. The first-order valence-electron chi connectivity index (χ1n) is 8.82. The van der Waals surface area contributed by atoms with Crippen molar-refractivity contribution in [3.63, 3.8) is 0 Å². The quantitative estimate of drug-likeness (QED) is 0.521. The summed E-state index contributed by atoms with van der Waals surface area (Å²) in [5.41, 5.74) is 2.11. The van der Waals surface area contributed by atoms with Crippen LogP contribution in [0.3, 0.4) is 0 Å². The summed E-state index contributed by atoms with van der Waals surface area (Å²) in [5.74, 6) is -0.967. The predicted molar refractivity (Wildman–Crippen MR) is 111 cm³/mol. The summed E-state index contributed by atoms with van der Waals surface area (Å²) in [7, 11) is 0. The van der Waals surface area contributed by atoms with Crippen LogP contribution in [0.5, 0.6) is 0 Å². The minimum absolute atomic E-state index is 0.137. The van der Waals surface area contributed by atoms with Gasteiger partial charge >= 0.3 is 0 Å². The van der Waals surface area contributed by atoms with E-state index >= 15 is 0 Å². The van der Waals surface area contributed by atoms with Gasteiger partial charge < -0.3 is 10.2 Å². The second kappa shape index (κ2) is 8.64. The molecule has 0 radical (unpaired) electrons. The zero-order valence-electron chi connectivity index (χ0n) is 15.2. The molecule has 1 aliphatic heterocycles. The van der Waals surface area contributed by atoms with E-state index < -0.39 is 5.91 Å². The maximum atomic E-state index is 14.6. The smallest absolute Gasteiger partial charge is 0.266 e. The number of aryl methyl sites for hydroxylation is 1. The van der Waals surface area contributed by atoms with E-state index in [1.807, 2.05) is 17.9 Å². The van der Waals surface area contributed by atoms with Gasteiger partial charge in [0, 0.05) is 18.8 Å². The van der Waals surface area contributed by atoms with Crippen LogP contribution in [-0.4, -0.2) is 19.0 Å². The molecule has 28 heavy (non-hydrogen) atoms. The first kappa shape index (κ1) is 20.2. The largest absolute Gasteiger partial charge is 0.369 e. The molecule has 2 aromatic rings. The third-order valence-corrected chi connectivity index (χ3v) is 5.36. The van der Waals surface area contributed by atoms with Crippen LogP contribution in [0.4, 0.5) is 15.8 Å². The highest BCUT2D eigenvalue weighted by molar-refractivity contribution is 6.42. The van der Waals surface area contributed by atoms with Gasteiger partial charge in [-0.3, -0.25) is 4.79 Å². The zero-order chi connectivity index (χ0) is 20.3. The fourth-order valence-corrected chi connectivity index (χ4v) is 3.41. The van der Waals surface area contributed by atoms with Gasteiger partial charge in [-0.15, -0.1) is 0 Å². The Hall–Kier alpha value is -2.55. The average molecular weight is 418 g/mol. The molecule has 1 saturated heterocycles. The van der Waals surface area contributed by atoms with Crippen molar-refractivity contribution in [2.45, 2.75) is 19.8 Å². The first-order chi connectivity index (χ1) is 13.4. The van der Waals surface area contributed by atoms with E-state index in [0.29, 0.717) is 22.0 Å². The number of nitrogens with zero attached hydrogens (tertiary/aromatic N) is 2. The molecule has 1 N–H and O–H groups in total. The number of halogens is 3. The number of carbonyl (C=O) groups is 1. The van der Waals surface area contributed by atoms with E-state index in [2.05, 4.69) is 5.32 Å². The van der Waals surface area contributed by atoms with Crippen LogP contribution in [-0.2, 0) is 4.79 Å². The maximum absolute atomic E-state index is 14.6. The first-order valence-corrected chi connectivity index (χ1v) is 9.58. The molecule has 0 aromatic heterocycles. The molecular weight excluding hydrogens is 400 g/mol. The topological polar surface area (TPSA) is 56.1 Å². The lowest BCUT2D eigenvalue weighted by atomic mass is 10.0. The van der Waals surface area contributed by atoms with Gasteiger partial charge in [0.1, 0.15) is 17.5 Å². The average Bonchev–Trinajstić information content (AvgIpc) is 3.19. The van der Waals surface area contributed by atoms with Crippen molar-refractivity contribution < 1.29 is 9.18 Å². The molecule has 0 bridgehead atoms. The highest BCUT2D eigenvalue weighted by Crippen LogP contribution is 2.28. The van der Waals surface area contributed by atoms with Gasteiger partial charge in [0.05, 0.1) is 15.7 Å². The van der Waals surface area contributed by atoms with Gasteiger partial charge in [0.2, 0.25) is 0 Å². The summed E-state index contributed by atoms with van der Waals surface area (Å²) < 4.78 is 14.6. The standard InChI is InChI=1S/C21H18Cl2FN3O/c1-13-8-20(27-6-2-3-7-27)19(24)10-14(13)9-15(12-25)21(28)26-16-4-5-17(22)18(23)11-16/h4-5,8-11H,2-3,6-7H2,1H3,(H,26,28)/b15-9-. The van der Waals surface area contributed by atoms with Crippen LogP contribution in [0.25, 0.3) is 6.08 Å². The molecule has 0 atom stereocenters. The van der Waals surface area contributed by atoms with Crippen LogP contribution >= 0.6 is 23.2 Å². The minimum atomic E-state index is -0.607. The highest BCUT2D eigenvalue weighted by atomic mass is 35.5. The van der Waals surface area contributed by atoms with Gasteiger partial charge in [-0.05, 0) is 67.3 Å². The number of hydrogen-bond donors (Lipinski definition) is 1. The number of anilines is 2. The van der Waals surface area contributed by atoms with Crippen molar-refractivity contribution in [3.05, 3.63) is 62.9 Å². The monoisotopic (exact) mass is 417 g/mol. The van der Waals surface area contributed by atoms with Crippen molar-refractivity contribution in [2.24, 2.45) is 0 Å². The molecule has 1 heterocycles. The van der Waals surface area contributed by atoms with Crippen LogP contribution in [0.15, 0.2) is 35.9 Å². The zero-order valence-corrected chi connectivity index (χ0v) is 16.7. The van der Waals surface area contributed by atoms with Gasteiger partial charge in [0.25, 0.3) is 5.91 Å². The molecular formula is C21H18Cl2FN3O. The summed E-state index contributed by atoms with van der Waals surface area (Å²) in [5, 5.41) is 12.6. The van der Waals surface area contributed by atoms with Crippen molar-refractivity contribution in [3.8, 4) is 6.07 Å². The molecule has 1 aliphatic rings. The Morgan fingerprint density at radius 3 is 2.57 bits per heavy atom. The van der Waals surface area contributed by atoms with E-state index in [9.17, 15) is 14.4 Å². The van der Waals surface area contributed by atoms with Crippen molar-refractivity contribution >= 4 is 46.6 Å². The van der Waals surface area contributed by atoms with Crippen molar-refractivity contribution in [1.29, 1.82) is 5.26 Å². The number of nitrogens with one attached hydrogen (secondary N) is 1. The van der Waals surface area contributed by atoms with Crippen molar-refractivity contribution in [2.75, 3.05) is 23.3 Å². The Kier molecular flexibility index (Phi) is 6.23. The van der Waals surface area contributed by atoms with E-state index in [-0.39, 0.29) is 16.4 Å². The lowest BCUT2D eigenvalue weighted by Gasteiger charge is -2.19. The second-order valence-electron chi connectivity index (χ2n) is 6.61.